The molecule has 1 heterocycles. The molecule has 0 amide bonds. The van der Waals surface area contributed by atoms with Crippen LogP contribution >= 0.6 is 0 Å². The number of hydrogen-bond donors (Lipinski definition) is 1. The van der Waals surface area contributed by atoms with E-state index in [1.165, 1.54) is 11.4 Å². The molecule has 1 rings (SSSR count). The number of H-pyrrole nitrogens is 1. The van der Waals surface area contributed by atoms with Gasteiger partial charge >= 0.3 is 0 Å². The summed E-state index contributed by atoms with van der Waals surface area (Å²) in [5, 5.41) is 0. The van der Waals surface area contributed by atoms with Gasteiger partial charge in [0.2, 0.25) is 0 Å². The summed E-state index contributed by atoms with van der Waals surface area (Å²) in [6.45, 7) is 10.8. The van der Waals surface area contributed by atoms with Crippen molar-refractivity contribution < 1.29 is 0 Å². The van der Waals surface area contributed by atoms with Crippen LogP contribution in [0.2, 0.25) is 0 Å². The highest BCUT2D eigenvalue weighted by atomic mass is 14.9. The smallest absolute Gasteiger partial charge is 0.111 e. The molecule has 0 saturated carbocycles. The van der Waals surface area contributed by atoms with E-state index in [0.29, 0.717) is 0 Å². The predicted molar refractivity (Wildman–Crippen MR) is 56.0 cm³/mol. The monoisotopic (exact) mass is 180 g/mol. The van der Waals surface area contributed by atoms with Gasteiger partial charge in [0.15, 0.2) is 0 Å². The van der Waals surface area contributed by atoms with E-state index < -0.39 is 0 Å². The molecule has 0 aliphatic heterocycles. The molecule has 2 heteroatoms. The Morgan fingerprint density at radius 1 is 1.31 bits per heavy atom. The van der Waals surface area contributed by atoms with Gasteiger partial charge in [0.05, 0.1) is 5.69 Å². The molecular formula is C11H20N2. The molecule has 0 saturated heterocycles. The van der Waals surface area contributed by atoms with E-state index in [0.717, 1.165) is 18.7 Å². The molecule has 0 aliphatic carbocycles. The Morgan fingerprint density at radius 3 is 2.31 bits per heavy atom. The zero-order chi connectivity index (χ0) is 10.1. The van der Waals surface area contributed by atoms with E-state index in [9.17, 15) is 0 Å². The van der Waals surface area contributed by atoms with Crippen molar-refractivity contribution in [3.05, 3.63) is 17.2 Å². The van der Waals surface area contributed by atoms with Gasteiger partial charge in [0.25, 0.3) is 0 Å². The van der Waals surface area contributed by atoms with Gasteiger partial charge in [-0.1, -0.05) is 34.1 Å². The second-order valence-corrected chi connectivity index (χ2v) is 4.66. The molecule has 0 aliphatic rings. The second-order valence-electron chi connectivity index (χ2n) is 4.66. The Morgan fingerprint density at radius 2 is 1.92 bits per heavy atom. The third-order valence-corrected chi connectivity index (χ3v) is 2.18. The minimum atomic E-state index is 0.136. The number of nitrogens with one attached hydrogen (secondary N) is 1. The van der Waals surface area contributed by atoms with Crippen molar-refractivity contribution in [3.63, 3.8) is 0 Å². The lowest BCUT2D eigenvalue weighted by molar-refractivity contribution is 0.550. The van der Waals surface area contributed by atoms with Gasteiger partial charge in [-0.25, -0.2) is 4.98 Å². The average molecular weight is 180 g/mol. The minimum absolute atomic E-state index is 0.136. The molecule has 1 N–H and O–H groups in total. The topological polar surface area (TPSA) is 28.7 Å². The molecule has 0 radical (unpaired) electrons. The molecule has 0 spiro atoms. The van der Waals surface area contributed by atoms with Crippen molar-refractivity contribution in [2.75, 3.05) is 0 Å². The molecule has 0 aromatic carbocycles. The first kappa shape index (κ1) is 10.3. The van der Waals surface area contributed by atoms with E-state index in [4.69, 9.17) is 0 Å². The molecule has 1 aromatic heterocycles. The van der Waals surface area contributed by atoms with Gasteiger partial charge in [-0.3, -0.25) is 0 Å². The van der Waals surface area contributed by atoms with Crippen LogP contribution in [-0.4, -0.2) is 9.97 Å². The number of aryl methyl sites for hydroxylation is 2. The number of imidazole rings is 1. The van der Waals surface area contributed by atoms with Gasteiger partial charge < -0.3 is 4.98 Å². The fraction of sp³-hybridized carbons (Fsp3) is 0.727. The van der Waals surface area contributed by atoms with E-state index in [1.807, 2.05) is 0 Å². The lowest BCUT2D eigenvalue weighted by atomic mass is 9.96. The fourth-order valence-electron chi connectivity index (χ4n) is 1.33. The van der Waals surface area contributed by atoms with Crippen LogP contribution < -0.4 is 0 Å². The zero-order valence-corrected chi connectivity index (χ0v) is 9.36. The van der Waals surface area contributed by atoms with Crippen LogP contribution in [0.4, 0.5) is 0 Å². The normalized spacial score (nSPS) is 12.1. The first-order chi connectivity index (χ1) is 5.95. The standard InChI is InChI=1S/C11H20N2/c1-6-7-9-8(2)12-10(13-9)11(3,4)5/h6-7H2,1-5H3,(H,12,13). The third kappa shape index (κ3) is 2.33. The van der Waals surface area contributed by atoms with E-state index in [2.05, 4.69) is 44.6 Å². The van der Waals surface area contributed by atoms with Crippen molar-refractivity contribution in [3.8, 4) is 0 Å². The molecule has 0 unspecified atom stereocenters. The summed E-state index contributed by atoms with van der Waals surface area (Å²) in [4.78, 5) is 7.97. The highest BCUT2D eigenvalue weighted by Crippen LogP contribution is 2.20. The van der Waals surface area contributed by atoms with Gasteiger partial charge in [-0.05, 0) is 13.3 Å². The van der Waals surface area contributed by atoms with Crippen molar-refractivity contribution >= 4 is 0 Å². The van der Waals surface area contributed by atoms with Crippen LogP contribution in [-0.2, 0) is 11.8 Å². The van der Waals surface area contributed by atoms with Gasteiger partial charge in [-0.15, -0.1) is 0 Å². The summed E-state index contributed by atoms with van der Waals surface area (Å²) < 4.78 is 0. The van der Waals surface area contributed by atoms with Crippen molar-refractivity contribution in [2.45, 2.75) is 52.9 Å². The Balaban J connectivity index is 2.95. The first-order valence-corrected chi connectivity index (χ1v) is 5.01. The molecular weight excluding hydrogens is 160 g/mol. The predicted octanol–water partition coefficient (Wildman–Crippen LogP) is 2.97. The van der Waals surface area contributed by atoms with Crippen LogP contribution in [0, 0.1) is 6.92 Å². The van der Waals surface area contributed by atoms with Crippen LogP contribution in [0.3, 0.4) is 0 Å². The zero-order valence-electron chi connectivity index (χ0n) is 9.36. The van der Waals surface area contributed by atoms with Crippen LogP contribution in [0.15, 0.2) is 0 Å². The number of aromatic amines is 1. The lowest BCUT2D eigenvalue weighted by Crippen LogP contribution is -2.13. The molecule has 1 aromatic rings. The molecule has 0 fully saturated rings. The highest BCUT2D eigenvalue weighted by molar-refractivity contribution is 5.17. The Hall–Kier alpha value is -0.790. The maximum absolute atomic E-state index is 4.62. The summed E-state index contributed by atoms with van der Waals surface area (Å²) >= 11 is 0. The summed E-state index contributed by atoms with van der Waals surface area (Å²) in [5.74, 6) is 1.11. The lowest BCUT2D eigenvalue weighted by Gasteiger charge is -2.13. The first-order valence-electron chi connectivity index (χ1n) is 5.01. The van der Waals surface area contributed by atoms with E-state index >= 15 is 0 Å². The summed E-state index contributed by atoms with van der Waals surface area (Å²) in [6.07, 6.45) is 2.24. The third-order valence-electron chi connectivity index (χ3n) is 2.18. The highest BCUT2D eigenvalue weighted by Gasteiger charge is 2.18. The van der Waals surface area contributed by atoms with Crippen LogP contribution in [0.25, 0.3) is 0 Å². The number of nitrogens with zero attached hydrogens (tertiary/aromatic N) is 1. The quantitative estimate of drug-likeness (QED) is 0.744. The second kappa shape index (κ2) is 3.52. The molecule has 0 atom stereocenters. The van der Waals surface area contributed by atoms with Crippen molar-refractivity contribution in [1.29, 1.82) is 0 Å². The van der Waals surface area contributed by atoms with Gasteiger partial charge in [0, 0.05) is 11.1 Å². The number of aromatic nitrogens is 2. The van der Waals surface area contributed by atoms with Crippen molar-refractivity contribution in [2.24, 2.45) is 0 Å². The minimum Gasteiger partial charge on any atom is -0.345 e. The molecule has 13 heavy (non-hydrogen) atoms. The Labute approximate surface area is 80.8 Å². The average Bonchev–Trinajstić information content (AvgIpc) is 2.32. The summed E-state index contributed by atoms with van der Waals surface area (Å²) in [7, 11) is 0. The maximum atomic E-state index is 4.62. The van der Waals surface area contributed by atoms with E-state index in [1.54, 1.807) is 0 Å². The molecule has 74 valence electrons. The Kier molecular flexibility index (Phi) is 2.79. The largest absolute Gasteiger partial charge is 0.345 e. The fourth-order valence-corrected chi connectivity index (χ4v) is 1.33. The molecule has 0 bridgehead atoms. The Bertz CT molecular complexity index is 279. The van der Waals surface area contributed by atoms with Gasteiger partial charge in [-0.2, -0.15) is 0 Å². The summed E-state index contributed by atoms with van der Waals surface area (Å²) in [6, 6.07) is 0. The van der Waals surface area contributed by atoms with E-state index in [-0.39, 0.29) is 5.41 Å². The summed E-state index contributed by atoms with van der Waals surface area (Å²) in [5.41, 5.74) is 2.59. The van der Waals surface area contributed by atoms with Crippen LogP contribution in [0.5, 0.6) is 0 Å². The number of rotatable bonds is 2. The van der Waals surface area contributed by atoms with Gasteiger partial charge in [0.1, 0.15) is 5.82 Å². The van der Waals surface area contributed by atoms with Crippen LogP contribution in [0.1, 0.15) is 51.3 Å². The van der Waals surface area contributed by atoms with Crippen molar-refractivity contribution in [1.82, 2.24) is 9.97 Å². The SMILES string of the molecule is CCCc1nc(C(C)(C)C)[nH]c1C. The maximum Gasteiger partial charge on any atom is 0.111 e. The number of hydrogen-bond acceptors (Lipinski definition) is 1. The molecule has 2 nitrogen and oxygen atoms in total.